The minimum Gasteiger partial charge on any atom is -0.478 e. The molecule has 0 spiro atoms. The summed E-state index contributed by atoms with van der Waals surface area (Å²) < 4.78 is 1.49. The summed E-state index contributed by atoms with van der Waals surface area (Å²) >= 11 is 0. The van der Waals surface area contributed by atoms with Crippen LogP contribution in [-0.2, 0) is 11.3 Å². The average Bonchev–Trinajstić information content (AvgIpc) is 2.37. The van der Waals surface area contributed by atoms with Gasteiger partial charge in [0.25, 0.3) is 5.56 Å². The van der Waals surface area contributed by atoms with E-state index in [0.717, 1.165) is 0 Å². The lowest BCUT2D eigenvalue weighted by atomic mass is 10.2. The van der Waals surface area contributed by atoms with Crippen molar-refractivity contribution in [3.63, 3.8) is 0 Å². The van der Waals surface area contributed by atoms with Crippen LogP contribution in [0, 0.1) is 0 Å². The summed E-state index contributed by atoms with van der Waals surface area (Å²) in [5.74, 6) is -0.985. The zero-order valence-electron chi connectivity index (χ0n) is 9.83. The summed E-state index contributed by atoms with van der Waals surface area (Å²) in [5.41, 5.74) is 1.36. The first-order valence-electron chi connectivity index (χ1n) is 5.44. The van der Waals surface area contributed by atoms with Crippen LogP contribution in [0.5, 0.6) is 0 Å². The van der Waals surface area contributed by atoms with Gasteiger partial charge in [-0.3, -0.25) is 4.79 Å². The Hall–Kier alpha value is -2.43. The molecule has 1 aromatic heterocycles. The number of carboxylic acids is 1. The van der Waals surface area contributed by atoms with Crippen LogP contribution in [0.2, 0.25) is 0 Å². The van der Waals surface area contributed by atoms with Gasteiger partial charge in [0.1, 0.15) is 0 Å². The molecule has 0 saturated heterocycles. The van der Waals surface area contributed by atoms with E-state index in [-0.39, 0.29) is 17.7 Å². The quantitative estimate of drug-likeness (QED) is 0.829. The van der Waals surface area contributed by atoms with Gasteiger partial charge in [0.05, 0.1) is 17.2 Å². The third-order valence-corrected chi connectivity index (χ3v) is 2.67. The number of rotatable bonds is 3. The molecule has 2 rings (SSSR count). The molecule has 0 aliphatic carbocycles. The van der Waals surface area contributed by atoms with E-state index in [9.17, 15) is 9.59 Å². The Labute approximate surface area is 103 Å². The highest BCUT2D eigenvalue weighted by atomic mass is 16.4. The van der Waals surface area contributed by atoms with E-state index in [1.807, 2.05) is 12.1 Å². The van der Waals surface area contributed by atoms with Gasteiger partial charge in [-0.15, -0.1) is 0 Å². The highest BCUT2D eigenvalue weighted by Gasteiger charge is 2.04. The molecule has 5 nitrogen and oxygen atoms in total. The second-order valence-electron chi connectivity index (χ2n) is 3.89. The Kier molecular flexibility index (Phi) is 3.23. The van der Waals surface area contributed by atoms with Crippen LogP contribution in [0.15, 0.2) is 46.9 Å². The lowest BCUT2D eigenvalue weighted by Gasteiger charge is -2.06. The monoisotopic (exact) mass is 244 g/mol. The van der Waals surface area contributed by atoms with E-state index in [0.29, 0.717) is 11.0 Å². The molecule has 0 saturated carbocycles. The number of hydrogen-bond donors (Lipinski definition) is 1. The van der Waals surface area contributed by atoms with E-state index < -0.39 is 5.97 Å². The summed E-state index contributed by atoms with van der Waals surface area (Å²) in [6.07, 6.45) is 2.75. The van der Waals surface area contributed by atoms with Crippen LogP contribution in [0.4, 0.5) is 0 Å². The number of carbonyl (C=O) groups is 1. The summed E-state index contributed by atoms with van der Waals surface area (Å²) in [7, 11) is 0. The van der Waals surface area contributed by atoms with Crippen LogP contribution >= 0.6 is 0 Å². The molecular formula is C13H12N2O3. The van der Waals surface area contributed by atoms with Crippen LogP contribution < -0.4 is 5.56 Å². The number of allylic oxidation sites excluding steroid dienone is 1. The molecule has 92 valence electrons. The van der Waals surface area contributed by atoms with E-state index in [1.54, 1.807) is 12.1 Å². The van der Waals surface area contributed by atoms with Crippen molar-refractivity contribution in [3.05, 3.63) is 52.5 Å². The molecule has 0 aliphatic rings. The molecule has 1 aromatic carbocycles. The summed E-state index contributed by atoms with van der Waals surface area (Å²) in [6, 6.07) is 7.24. The predicted octanol–water partition coefficient (Wildman–Crippen LogP) is 1.43. The Morgan fingerprint density at radius 3 is 2.89 bits per heavy atom. The van der Waals surface area contributed by atoms with Crippen molar-refractivity contribution >= 4 is 17.0 Å². The number of fused-ring (bicyclic) bond motifs is 1. The van der Waals surface area contributed by atoms with Gasteiger partial charge >= 0.3 is 5.97 Å². The van der Waals surface area contributed by atoms with Crippen molar-refractivity contribution in [1.29, 1.82) is 0 Å². The number of benzene rings is 1. The standard InChI is InChI=1S/C13H12N2O3/c1-9(13(17)18)6-7-15-11-5-3-2-4-10(11)14-8-12(15)16/h2-6,8H,7H2,1H3,(H,17,18). The zero-order chi connectivity index (χ0) is 13.1. The van der Waals surface area contributed by atoms with Crippen molar-refractivity contribution in [2.75, 3.05) is 0 Å². The van der Waals surface area contributed by atoms with E-state index in [4.69, 9.17) is 5.11 Å². The van der Waals surface area contributed by atoms with Crippen molar-refractivity contribution in [1.82, 2.24) is 9.55 Å². The first-order chi connectivity index (χ1) is 8.59. The Balaban J connectivity index is 2.50. The summed E-state index contributed by atoms with van der Waals surface area (Å²) in [6.45, 7) is 1.72. The number of aliphatic carboxylic acids is 1. The van der Waals surface area contributed by atoms with Crippen LogP contribution in [0.1, 0.15) is 6.92 Å². The minimum absolute atomic E-state index is 0.211. The third-order valence-electron chi connectivity index (χ3n) is 2.67. The lowest BCUT2D eigenvalue weighted by Crippen LogP contribution is -2.20. The average molecular weight is 244 g/mol. The minimum atomic E-state index is -0.985. The largest absolute Gasteiger partial charge is 0.478 e. The molecule has 0 fully saturated rings. The van der Waals surface area contributed by atoms with Gasteiger partial charge in [-0.1, -0.05) is 18.2 Å². The number of carboxylic acid groups (broad SMARTS) is 1. The Morgan fingerprint density at radius 1 is 1.44 bits per heavy atom. The molecule has 18 heavy (non-hydrogen) atoms. The van der Waals surface area contributed by atoms with Gasteiger partial charge in [0, 0.05) is 12.1 Å². The maximum absolute atomic E-state index is 11.7. The van der Waals surface area contributed by atoms with E-state index in [2.05, 4.69) is 4.98 Å². The SMILES string of the molecule is CC(=CCn1c(=O)cnc2ccccc21)C(=O)O. The van der Waals surface area contributed by atoms with E-state index >= 15 is 0 Å². The summed E-state index contributed by atoms with van der Waals surface area (Å²) in [5, 5.41) is 8.77. The predicted molar refractivity (Wildman–Crippen MR) is 67.4 cm³/mol. The fourth-order valence-electron chi connectivity index (χ4n) is 1.62. The fraction of sp³-hybridized carbons (Fsp3) is 0.154. The van der Waals surface area contributed by atoms with Gasteiger partial charge in [0.15, 0.2) is 0 Å². The number of para-hydroxylation sites is 2. The first kappa shape index (κ1) is 12.0. The van der Waals surface area contributed by atoms with Gasteiger partial charge in [-0.05, 0) is 19.1 Å². The molecular weight excluding hydrogens is 232 g/mol. The Morgan fingerprint density at radius 2 is 2.17 bits per heavy atom. The second kappa shape index (κ2) is 4.83. The molecule has 1 N–H and O–H groups in total. The zero-order valence-corrected chi connectivity index (χ0v) is 9.83. The number of aromatic nitrogens is 2. The van der Waals surface area contributed by atoms with Crippen LogP contribution in [-0.4, -0.2) is 20.6 Å². The number of hydrogen-bond acceptors (Lipinski definition) is 3. The third kappa shape index (κ3) is 2.29. The maximum Gasteiger partial charge on any atom is 0.331 e. The summed E-state index contributed by atoms with van der Waals surface area (Å²) in [4.78, 5) is 26.5. The molecule has 0 atom stereocenters. The topological polar surface area (TPSA) is 72.2 Å². The lowest BCUT2D eigenvalue weighted by molar-refractivity contribution is -0.132. The molecule has 1 heterocycles. The highest BCUT2D eigenvalue weighted by molar-refractivity contribution is 5.85. The van der Waals surface area contributed by atoms with Crippen molar-refractivity contribution in [2.45, 2.75) is 13.5 Å². The fourth-order valence-corrected chi connectivity index (χ4v) is 1.62. The molecule has 0 unspecified atom stereocenters. The normalized spacial score (nSPS) is 11.7. The highest BCUT2D eigenvalue weighted by Crippen LogP contribution is 2.08. The van der Waals surface area contributed by atoms with E-state index in [1.165, 1.54) is 23.8 Å². The van der Waals surface area contributed by atoms with Crippen molar-refractivity contribution in [3.8, 4) is 0 Å². The van der Waals surface area contributed by atoms with Crippen LogP contribution in [0.25, 0.3) is 11.0 Å². The number of nitrogens with zero attached hydrogens (tertiary/aromatic N) is 2. The molecule has 5 heteroatoms. The molecule has 0 aliphatic heterocycles. The molecule has 0 amide bonds. The maximum atomic E-state index is 11.7. The van der Waals surface area contributed by atoms with Crippen molar-refractivity contribution in [2.24, 2.45) is 0 Å². The smallest absolute Gasteiger partial charge is 0.331 e. The molecule has 0 radical (unpaired) electrons. The van der Waals surface area contributed by atoms with Gasteiger partial charge in [0.2, 0.25) is 0 Å². The molecule has 2 aromatic rings. The van der Waals surface area contributed by atoms with Crippen molar-refractivity contribution < 1.29 is 9.90 Å². The molecule has 0 bridgehead atoms. The first-order valence-corrected chi connectivity index (χ1v) is 5.44. The van der Waals surface area contributed by atoms with Crippen LogP contribution in [0.3, 0.4) is 0 Å². The second-order valence-corrected chi connectivity index (χ2v) is 3.89. The van der Waals surface area contributed by atoms with Gasteiger partial charge in [-0.25, -0.2) is 9.78 Å². The van der Waals surface area contributed by atoms with Gasteiger partial charge in [-0.2, -0.15) is 0 Å². The Bertz CT molecular complexity index is 686. The van der Waals surface area contributed by atoms with Gasteiger partial charge < -0.3 is 9.67 Å².